The number of carbonyl (C=O) groups is 3. The van der Waals surface area contributed by atoms with E-state index >= 15 is 0 Å². The highest BCUT2D eigenvalue weighted by atomic mass is 19.4. The van der Waals surface area contributed by atoms with E-state index in [9.17, 15) is 27.6 Å². The normalized spacial score (nSPS) is 11.0. The summed E-state index contributed by atoms with van der Waals surface area (Å²) < 4.78 is 43.7. The summed E-state index contributed by atoms with van der Waals surface area (Å²) in [7, 11) is 0. The summed E-state index contributed by atoms with van der Waals surface area (Å²) in [6.45, 7) is 0. The van der Waals surface area contributed by atoms with Crippen molar-refractivity contribution in [1.82, 2.24) is 0 Å². The molecule has 0 fully saturated rings. The molecule has 0 radical (unpaired) electrons. The highest BCUT2D eigenvalue weighted by Gasteiger charge is 2.30. The molecule has 0 saturated carbocycles. The Kier molecular flexibility index (Phi) is 6.86. The van der Waals surface area contributed by atoms with Crippen molar-refractivity contribution in [1.29, 1.82) is 0 Å². The molecule has 0 atom stereocenters. The van der Waals surface area contributed by atoms with Crippen LogP contribution in [0.3, 0.4) is 0 Å². The Morgan fingerprint density at radius 3 is 1.86 bits per heavy atom. The van der Waals surface area contributed by atoms with Gasteiger partial charge in [0.05, 0.1) is 11.8 Å². The number of halogens is 3. The minimum Gasteiger partial charge on any atom is -0.459 e. The average Bonchev–Trinajstić information content (AvgIpc) is 3.40. The second-order valence-corrected chi connectivity index (χ2v) is 7.58. The third kappa shape index (κ3) is 5.98. The van der Waals surface area contributed by atoms with Crippen LogP contribution in [0.15, 0.2) is 95.6 Å². The van der Waals surface area contributed by atoms with Gasteiger partial charge in [0, 0.05) is 28.2 Å². The van der Waals surface area contributed by atoms with Gasteiger partial charge in [0.25, 0.3) is 17.7 Å². The topological polar surface area (TPSA) is 100 Å². The fourth-order valence-corrected chi connectivity index (χ4v) is 3.22. The van der Waals surface area contributed by atoms with Crippen LogP contribution in [0.25, 0.3) is 0 Å². The molecule has 1 aromatic heterocycles. The van der Waals surface area contributed by atoms with E-state index in [1.54, 1.807) is 24.3 Å². The Morgan fingerprint density at radius 1 is 0.611 bits per heavy atom. The third-order valence-electron chi connectivity index (χ3n) is 4.98. The summed E-state index contributed by atoms with van der Waals surface area (Å²) in [5, 5.41) is 7.72. The van der Waals surface area contributed by atoms with E-state index in [4.69, 9.17) is 4.42 Å². The maximum Gasteiger partial charge on any atom is 0.416 e. The Bertz CT molecular complexity index is 1400. The summed E-state index contributed by atoms with van der Waals surface area (Å²) in [4.78, 5) is 37.2. The Labute approximate surface area is 202 Å². The lowest BCUT2D eigenvalue weighted by Gasteiger charge is -2.11. The molecule has 0 aliphatic carbocycles. The van der Waals surface area contributed by atoms with Gasteiger partial charge in [0.15, 0.2) is 5.76 Å². The molecule has 0 saturated heterocycles. The van der Waals surface area contributed by atoms with Crippen LogP contribution in [0, 0.1) is 0 Å². The molecule has 0 unspecified atom stereocenters. The highest BCUT2D eigenvalue weighted by Crippen LogP contribution is 2.30. The summed E-state index contributed by atoms with van der Waals surface area (Å²) in [5.74, 6) is -1.39. The molecule has 3 aromatic carbocycles. The zero-order chi connectivity index (χ0) is 25.7. The zero-order valence-electron chi connectivity index (χ0n) is 18.4. The number of benzene rings is 3. The van der Waals surface area contributed by atoms with Gasteiger partial charge in [0.2, 0.25) is 0 Å². The Morgan fingerprint density at radius 2 is 1.22 bits per heavy atom. The van der Waals surface area contributed by atoms with E-state index < -0.39 is 29.5 Å². The fourth-order valence-electron chi connectivity index (χ4n) is 3.22. The molecule has 0 spiro atoms. The van der Waals surface area contributed by atoms with Crippen LogP contribution in [0.5, 0.6) is 0 Å². The summed E-state index contributed by atoms with van der Waals surface area (Å²) in [5.41, 5.74) is 0.315. The molecule has 4 rings (SSSR count). The SMILES string of the molecule is O=C(Nc1cccc(C(=O)Nc2cccc(C(F)(F)F)c2)c1)c1ccc(NC(=O)c2ccco2)cc1. The number of anilines is 3. The molecule has 0 bridgehead atoms. The van der Waals surface area contributed by atoms with Crippen molar-refractivity contribution in [2.75, 3.05) is 16.0 Å². The molecule has 10 heteroatoms. The minimum absolute atomic E-state index is 0.0107. The second-order valence-electron chi connectivity index (χ2n) is 7.58. The van der Waals surface area contributed by atoms with Crippen molar-refractivity contribution in [2.24, 2.45) is 0 Å². The fraction of sp³-hybridized carbons (Fsp3) is 0.0385. The first-order valence-corrected chi connectivity index (χ1v) is 10.5. The third-order valence-corrected chi connectivity index (χ3v) is 4.98. The number of hydrogen-bond donors (Lipinski definition) is 3. The molecule has 1 heterocycles. The molecule has 36 heavy (non-hydrogen) atoms. The molecular formula is C26H18F3N3O4. The van der Waals surface area contributed by atoms with E-state index in [0.29, 0.717) is 16.9 Å². The van der Waals surface area contributed by atoms with Gasteiger partial charge in [-0.15, -0.1) is 0 Å². The molecule has 4 aromatic rings. The van der Waals surface area contributed by atoms with E-state index in [0.717, 1.165) is 12.1 Å². The van der Waals surface area contributed by atoms with Gasteiger partial charge < -0.3 is 20.4 Å². The number of carbonyl (C=O) groups excluding carboxylic acids is 3. The molecule has 0 aliphatic rings. The van der Waals surface area contributed by atoms with E-state index in [-0.39, 0.29) is 17.0 Å². The lowest BCUT2D eigenvalue weighted by Crippen LogP contribution is -2.15. The minimum atomic E-state index is -4.53. The van der Waals surface area contributed by atoms with Crippen LogP contribution in [0.1, 0.15) is 36.8 Å². The van der Waals surface area contributed by atoms with Gasteiger partial charge in [-0.3, -0.25) is 14.4 Å². The lowest BCUT2D eigenvalue weighted by molar-refractivity contribution is -0.137. The molecule has 3 N–H and O–H groups in total. The van der Waals surface area contributed by atoms with Crippen molar-refractivity contribution in [3.63, 3.8) is 0 Å². The van der Waals surface area contributed by atoms with Gasteiger partial charge in [-0.05, 0) is 72.8 Å². The number of furan rings is 1. The van der Waals surface area contributed by atoms with Gasteiger partial charge in [0.1, 0.15) is 0 Å². The maximum atomic E-state index is 12.9. The molecular weight excluding hydrogens is 475 g/mol. The Hall–Kier alpha value is -4.86. The quantitative estimate of drug-likeness (QED) is 0.304. The van der Waals surface area contributed by atoms with E-state index in [2.05, 4.69) is 16.0 Å². The first kappa shape index (κ1) is 24.3. The number of hydrogen-bond acceptors (Lipinski definition) is 4. The van der Waals surface area contributed by atoms with Crippen molar-refractivity contribution < 1.29 is 32.0 Å². The van der Waals surface area contributed by atoms with Gasteiger partial charge >= 0.3 is 6.18 Å². The van der Waals surface area contributed by atoms with Gasteiger partial charge in [-0.1, -0.05) is 12.1 Å². The van der Waals surface area contributed by atoms with Crippen LogP contribution >= 0.6 is 0 Å². The molecule has 0 aliphatic heterocycles. The second kappa shape index (κ2) is 10.2. The van der Waals surface area contributed by atoms with Crippen molar-refractivity contribution >= 4 is 34.8 Å². The summed E-state index contributed by atoms with van der Waals surface area (Å²) >= 11 is 0. The molecule has 3 amide bonds. The monoisotopic (exact) mass is 493 g/mol. The Balaban J connectivity index is 1.39. The van der Waals surface area contributed by atoms with Crippen molar-refractivity contribution in [2.45, 2.75) is 6.18 Å². The first-order chi connectivity index (χ1) is 17.2. The lowest BCUT2D eigenvalue weighted by atomic mass is 10.1. The average molecular weight is 493 g/mol. The molecule has 182 valence electrons. The number of nitrogens with one attached hydrogen (secondary N) is 3. The number of amides is 3. The van der Waals surface area contributed by atoms with Crippen molar-refractivity contribution in [3.8, 4) is 0 Å². The maximum absolute atomic E-state index is 12.9. The first-order valence-electron chi connectivity index (χ1n) is 10.5. The van der Waals surface area contributed by atoms with Crippen LogP contribution < -0.4 is 16.0 Å². The summed E-state index contributed by atoms with van der Waals surface area (Å²) in [6.07, 6.45) is -3.15. The number of alkyl halides is 3. The zero-order valence-corrected chi connectivity index (χ0v) is 18.4. The van der Waals surface area contributed by atoms with Crippen LogP contribution in [0.2, 0.25) is 0 Å². The van der Waals surface area contributed by atoms with Crippen molar-refractivity contribution in [3.05, 3.63) is 114 Å². The largest absolute Gasteiger partial charge is 0.459 e. The smallest absolute Gasteiger partial charge is 0.416 e. The summed E-state index contributed by atoms with van der Waals surface area (Å²) in [6, 6.07) is 19.5. The van der Waals surface area contributed by atoms with E-state index in [1.807, 2.05) is 0 Å². The van der Waals surface area contributed by atoms with Gasteiger partial charge in [-0.2, -0.15) is 13.2 Å². The van der Waals surface area contributed by atoms with Crippen LogP contribution in [-0.4, -0.2) is 17.7 Å². The van der Waals surface area contributed by atoms with Crippen LogP contribution in [0.4, 0.5) is 30.2 Å². The standard InChI is InChI=1S/C26H18F3N3O4/c27-26(28,29)18-5-2-7-21(15-18)32-24(34)17-4-1-6-20(14-17)31-23(33)16-9-11-19(12-10-16)30-25(35)22-8-3-13-36-22/h1-15H,(H,30,35)(H,31,33)(H,32,34). The van der Waals surface area contributed by atoms with E-state index in [1.165, 1.54) is 54.8 Å². The van der Waals surface area contributed by atoms with Gasteiger partial charge in [-0.25, -0.2) is 0 Å². The predicted octanol–water partition coefficient (Wildman–Crippen LogP) is 6.06. The highest BCUT2D eigenvalue weighted by molar-refractivity contribution is 6.08. The predicted molar refractivity (Wildman–Crippen MR) is 127 cm³/mol. The molecule has 7 nitrogen and oxygen atoms in total. The number of rotatable bonds is 6. The van der Waals surface area contributed by atoms with Crippen LogP contribution in [-0.2, 0) is 6.18 Å².